The van der Waals surface area contributed by atoms with E-state index in [1.807, 2.05) is 30.3 Å². The van der Waals surface area contributed by atoms with Crippen molar-refractivity contribution in [1.29, 1.82) is 0 Å². The second-order valence-corrected chi connectivity index (χ2v) is 6.28. The summed E-state index contributed by atoms with van der Waals surface area (Å²) in [6.07, 6.45) is 2.40. The number of fused-ring (bicyclic) bond motifs is 1. The van der Waals surface area contributed by atoms with E-state index in [4.69, 9.17) is 0 Å². The van der Waals surface area contributed by atoms with Gasteiger partial charge in [-0.05, 0) is 30.2 Å². The second-order valence-electron chi connectivity index (χ2n) is 4.60. The average Bonchev–Trinajstić information content (AvgIpc) is 2.91. The van der Waals surface area contributed by atoms with Crippen molar-refractivity contribution < 1.29 is 8.42 Å². The highest BCUT2D eigenvalue weighted by molar-refractivity contribution is 7.90. The summed E-state index contributed by atoms with van der Waals surface area (Å²) < 4.78 is 28.7. The fourth-order valence-corrected chi connectivity index (χ4v) is 3.56. The quantitative estimate of drug-likeness (QED) is 0.927. The minimum atomic E-state index is -3.53. The molecule has 20 heavy (non-hydrogen) atoms. The maximum absolute atomic E-state index is 12.4. The van der Waals surface area contributed by atoms with Crippen molar-refractivity contribution in [2.24, 2.45) is 0 Å². The van der Waals surface area contributed by atoms with E-state index in [-0.39, 0.29) is 6.54 Å². The maximum Gasteiger partial charge on any atom is 0.301 e. The topological polar surface area (TPSA) is 62.3 Å². The van der Waals surface area contributed by atoms with E-state index in [9.17, 15) is 8.42 Å². The largest absolute Gasteiger partial charge is 0.301 e. The highest BCUT2D eigenvalue weighted by Gasteiger charge is 2.28. The Labute approximate surface area is 118 Å². The van der Waals surface area contributed by atoms with E-state index in [2.05, 4.69) is 9.71 Å². The van der Waals surface area contributed by atoms with Gasteiger partial charge in [0, 0.05) is 12.7 Å². The fourth-order valence-electron chi connectivity index (χ4n) is 2.30. The van der Waals surface area contributed by atoms with E-state index >= 15 is 0 Å². The molecule has 5 nitrogen and oxygen atoms in total. The Kier molecular flexibility index (Phi) is 3.42. The average molecular weight is 289 g/mol. The van der Waals surface area contributed by atoms with E-state index in [1.54, 1.807) is 18.3 Å². The summed E-state index contributed by atoms with van der Waals surface area (Å²) >= 11 is 0. The van der Waals surface area contributed by atoms with Crippen molar-refractivity contribution in [3.05, 3.63) is 59.9 Å². The first kappa shape index (κ1) is 13.1. The van der Waals surface area contributed by atoms with Gasteiger partial charge in [-0.15, -0.1) is 0 Å². The third kappa shape index (κ3) is 2.52. The van der Waals surface area contributed by atoms with Crippen LogP contribution in [0.5, 0.6) is 0 Å². The van der Waals surface area contributed by atoms with Crippen LogP contribution in [0.25, 0.3) is 0 Å². The van der Waals surface area contributed by atoms with Crippen LogP contribution in [0.15, 0.2) is 48.7 Å². The van der Waals surface area contributed by atoms with Crippen molar-refractivity contribution in [1.82, 2.24) is 9.71 Å². The van der Waals surface area contributed by atoms with Gasteiger partial charge in [-0.3, -0.25) is 9.29 Å². The van der Waals surface area contributed by atoms with E-state index in [1.165, 1.54) is 4.31 Å². The summed E-state index contributed by atoms with van der Waals surface area (Å²) in [6, 6.07) is 13.0. The molecule has 1 aliphatic heterocycles. The minimum absolute atomic E-state index is 0.196. The van der Waals surface area contributed by atoms with Gasteiger partial charge in [0.25, 0.3) is 0 Å². The summed E-state index contributed by atoms with van der Waals surface area (Å²) in [5.74, 6) is 0. The Morgan fingerprint density at radius 2 is 1.95 bits per heavy atom. The zero-order valence-corrected chi connectivity index (χ0v) is 11.7. The standard InChI is InChI=1S/C14H15N3O2S/c18-20(19,16-11-13-6-3-4-9-15-13)17-10-8-12-5-1-2-7-14(12)17/h1-7,9,16H,8,10-11H2. The van der Waals surface area contributed by atoms with Crippen molar-refractivity contribution in [2.75, 3.05) is 10.8 Å². The molecule has 0 fully saturated rings. The van der Waals surface area contributed by atoms with Crippen molar-refractivity contribution in [2.45, 2.75) is 13.0 Å². The number of benzene rings is 1. The van der Waals surface area contributed by atoms with Gasteiger partial charge >= 0.3 is 10.2 Å². The molecule has 0 spiro atoms. The van der Waals surface area contributed by atoms with Gasteiger partial charge in [0.15, 0.2) is 0 Å². The fraction of sp³-hybridized carbons (Fsp3) is 0.214. The molecule has 0 saturated carbocycles. The van der Waals surface area contributed by atoms with Crippen LogP contribution < -0.4 is 9.03 Å². The molecule has 1 aromatic heterocycles. The molecule has 1 N–H and O–H groups in total. The molecule has 2 aromatic rings. The predicted molar refractivity (Wildman–Crippen MR) is 77.5 cm³/mol. The maximum atomic E-state index is 12.4. The monoisotopic (exact) mass is 289 g/mol. The molecule has 1 aliphatic rings. The summed E-state index contributed by atoms with van der Waals surface area (Å²) in [7, 11) is -3.53. The second kappa shape index (κ2) is 5.22. The van der Waals surface area contributed by atoms with Gasteiger partial charge in [0.1, 0.15) is 0 Å². The van der Waals surface area contributed by atoms with Gasteiger partial charge in [-0.1, -0.05) is 24.3 Å². The van der Waals surface area contributed by atoms with Crippen molar-refractivity contribution in [3.8, 4) is 0 Å². The SMILES string of the molecule is O=S(=O)(NCc1ccccn1)N1CCc2ccccc21. The molecule has 0 radical (unpaired) electrons. The molecule has 6 heteroatoms. The summed E-state index contributed by atoms with van der Waals surface area (Å²) in [5.41, 5.74) is 2.53. The van der Waals surface area contributed by atoms with Crippen LogP contribution in [0.2, 0.25) is 0 Å². The molecular formula is C14H15N3O2S. The van der Waals surface area contributed by atoms with Gasteiger partial charge in [0.2, 0.25) is 0 Å². The summed E-state index contributed by atoms with van der Waals surface area (Å²) in [5, 5.41) is 0. The molecular weight excluding hydrogens is 274 g/mol. The van der Waals surface area contributed by atoms with Crippen molar-refractivity contribution >= 4 is 15.9 Å². The number of hydrogen-bond acceptors (Lipinski definition) is 3. The zero-order chi connectivity index (χ0) is 14.0. The van der Waals surface area contributed by atoms with Gasteiger partial charge in [-0.25, -0.2) is 0 Å². The molecule has 0 unspecified atom stereocenters. The zero-order valence-electron chi connectivity index (χ0n) is 10.9. The number of aromatic nitrogens is 1. The van der Waals surface area contributed by atoms with Crippen LogP contribution >= 0.6 is 0 Å². The lowest BCUT2D eigenvalue weighted by molar-refractivity contribution is 0.576. The van der Waals surface area contributed by atoms with Crippen LogP contribution in [0.1, 0.15) is 11.3 Å². The number of nitrogens with zero attached hydrogens (tertiary/aromatic N) is 2. The molecule has 1 aromatic carbocycles. The first-order valence-electron chi connectivity index (χ1n) is 6.42. The normalized spacial score (nSPS) is 14.3. The molecule has 3 rings (SSSR count). The Bertz CT molecular complexity index is 701. The molecule has 0 amide bonds. The van der Waals surface area contributed by atoms with Crippen LogP contribution in [-0.2, 0) is 23.2 Å². The Hall–Kier alpha value is -1.92. The van der Waals surface area contributed by atoms with Crippen LogP contribution in [0, 0.1) is 0 Å². The Morgan fingerprint density at radius 1 is 1.15 bits per heavy atom. The third-order valence-corrected chi connectivity index (χ3v) is 4.77. The smallest absolute Gasteiger partial charge is 0.260 e. The lowest BCUT2D eigenvalue weighted by Gasteiger charge is -2.19. The highest BCUT2D eigenvalue weighted by atomic mass is 32.2. The molecule has 0 aliphatic carbocycles. The molecule has 2 heterocycles. The number of pyridine rings is 1. The lowest BCUT2D eigenvalue weighted by atomic mass is 10.2. The van der Waals surface area contributed by atoms with E-state index < -0.39 is 10.2 Å². The highest BCUT2D eigenvalue weighted by Crippen LogP contribution is 2.29. The first-order valence-corrected chi connectivity index (χ1v) is 7.86. The molecule has 0 atom stereocenters. The first-order chi connectivity index (χ1) is 9.67. The third-order valence-electron chi connectivity index (χ3n) is 3.30. The lowest BCUT2D eigenvalue weighted by Crippen LogP contribution is -2.39. The van der Waals surface area contributed by atoms with Crippen LogP contribution in [0.3, 0.4) is 0 Å². The van der Waals surface area contributed by atoms with E-state index in [0.717, 1.165) is 17.7 Å². The Morgan fingerprint density at radius 3 is 2.75 bits per heavy atom. The van der Waals surface area contributed by atoms with Crippen LogP contribution in [0.4, 0.5) is 5.69 Å². The van der Waals surface area contributed by atoms with Gasteiger partial charge in [-0.2, -0.15) is 13.1 Å². The van der Waals surface area contributed by atoms with E-state index in [0.29, 0.717) is 12.2 Å². The number of hydrogen-bond donors (Lipinski definition) is 1. The molecule has 104 valence electrons. The van der Waals surface area contributed by atoms with Crippen molar-refractivity contribution in [3.63, 3.8) is 0 Å². The molecule has 0 saturated heterocycles. The number of nitrogens with one attached hydrogen (secondary N) is 1. The van der Waals surface area contributed by atoms with Crippen LogP contribution in [-0.4, -0.2) is 19.9 Å². The number of para-hydroxylation sites is 1. The summed E-state index contributed by atoms with van der Waals surface area (Å²) in [6.45, 7) is 0.679. The predicted octanol–water partition coefficient (Wildman–Crippen LogP) is 1.48. The molecule has 0 bridgehead atoms. The Balaban J connectivity index is 1.77. The van der Waals surface area contributed by atoms with Gasteiger partial charge < -0.3 is 0 Å². The van der Waals surface area contributed by atoms with Gasteiger partial charge in [0.05, 0.1) is 17.9 Å². The summed E-state index contributed by atoms with van der Waals surface area (Å²) in [4.78, 5) is 4.11. The number of anilines is 1. The number of rotatable bonds is 4. The minimum Gasteiger partial charge on any atom is -0.260 e.